The molecule has 4 heterocycles. The van der Waals surface area contributed by atoms with E-state index in [4.69, 9.17) is 8.83 Å². The second-order valence-electron chi connectivity index (χ2n) is 5.83. The van der Waals surface area contributed by atoms with E-state index in [2.05, 4.69) is 27.0 Å². The minimum Gasteiger partial charge on any atom is -0.459 e. The number of aromatic nitrogens is 4. The molecule has 0 N–H and O–H groups in total. The highest BCUT2D eigenvalue weighted by Crippen LogP contribution is 2.19. The van der Waals surface area contributed by atoms with Gasteiger partial charge in [0.2, 0.25) is 5.89 Å². The molecule has 0 aliphatic rings. The lowest BCUT2D eigenvalue weighted by Gasteiger charge is -2.19. The van der Waals surface area contributed by atoms with Crippen molar-refractivity contribution < 1.29 is 8.83 Å². The fourth-order valence-electron chi connectivity index (χ4n) is 2.74. The third-order valence-electron chi connectivity index (χ3n) is 3.84. The monoisotopic (exact) mass is 371 g/mol. The summed E-state index contributed by atoms with van der Waals surface area (Å²) in [4.78, 5) is 19.5. The molecule has 9 heteroatoms. The van der Waals surface area contributed by atoms with Crippen molar-refractivity contribution in [3.63, 3.8) is 0 Å². The lowest BCUT2D eigenvalue weighted by Crippen LogP contribution is -2.25. The third-order valence-corrected chi connectivity index (χ3v) is 4.60. The van der Waals surface area contributed by atoms with Crippen molar-refractivity contribution in [1.82, 2.24) is 24.5 Å². The average Bonchev–Trinajstić information content (AvgIpc) is 3.36. The molecule has 0 saturated heterocycles. The van der Waals surface area contributed by atoms with Gasteiger partial charge in [0, 0.05) is 24.2 Å². The highest BCUT2D eigenvalue weighted by Gasteiger charge is 2.15. The molecule has 0 bridgehead atoms. The standard InChI is InChI=1S/C17H17N5O3S/c1-2-5-21(10-12-9-15(23)22-6-8-26-17(22)18-12)11-14-19-20-16(25-14)13-4-3-7-24-13/h3-4,6-9H,2,5,10-11H2,1H3. The first-order valence-corrected chi connectivity index (χ1v) is 9.15. The predicted octanol–water partition coefficient (Wildman–Crippen LogP) is 2.81. The van der Waals surface area contributed by atoms with Crippen molar-refractivity contribution in [1.29, 1.82) is 0 Å². The lowest BCUT2D eigenvalue weighted by atomic mass is 10.3. The van der Waals surface area contributed by atoms with Crippen molar-refractivity contribution in [2.45, 2.75) is 26.4 Å². The molecule has 26 heavy (non-hydrogen) atoms. The molecule has 134 valence electrons. The maximum Gasteiger partial charge on any atom is 0.283 e. The van der Waals surface area contributed by atoms with E-state index in [0.717, 1.165) is 18.7 Å². The minimum absolute atomic E-state index is 0.0689. The highest BCUT2D eigenvalue weighted by atomic mass is 32.1. The molecule has 4 rings (SSSR count). The quantitative estimate of drug-likeness (QED) is 0.493. The van der Waals surface area contributed by atoms with Crippen LogP contribution in [-0.2, 0) is 13.1 Å². The normalized spacial score (nSPS) is 11.6. The van der Waals surface area contributed by atoms with E-state index in [9.17, 15) is 4.79 Å². The van der Waals surface area contributed by atoms with Crippen LogP contribution in [0.1, 0.15) is 24.9 Å². The summed E-state index contributed by atoms with van der Waals surface area (Å²) in [5, 5.41) is 9.97. The molecule has 0 fully saturated rings. The van der Waals surface area contributed by atoms with Gasteiger partial charge in [-0.2, -0.15) is 0 Å². The Morgan fingerprint density at radius 3 is 3.04 bits per heavy atom. The van der Waals surface area contributed by atoms with Gasteiger partial charge in [0.25, 0.3) is 11.4 Å². The zero-order chi connectivity index (χ0) is 17.9. The van der Waals surface area contributed by atoms with Crippen LogP contribution in [0.5, 0.6) is 0 Å². The van der Waals surface area contributed by atoms with E-state index in [1.54, 1.807) is 35.1 Å². The Kier molecular flexibility index (Phi) is 4.63. The van der Waals surface area contributed by atoms with Gasteiger partial charge in [-0.1, -0.05) is 6.92 Å². The molecular weight excluding hydrogens is 354 g/mol. The fraction of sp³-hybridized carbons (Fsp3) is 0.294. The maximum atomic E-state index is 12.2. The van der Waals surface area contributed by atoms with Crippen LogP contribution in [0.25, 0.3) is 16.6 Å². The van der Waals surface area contributed by atoms with Gasteiger partial charge in [0.05, 0.1) is 18.5 Å². The van der Waals surface area contributed by atoms with Crippen LogP contribution in [0, 0.1) is 0 Å². The molecule has 0 atom stereocenters. The Labute approximate surface area is 152 Å². The molecule has 0 aromatic carbocycles. The molecule has 0 saturated carbocycles. The molecule has 4 aromatic heterocycles. The van der Waals surface area contributed by atoms with Gasteiger partial charge < -0.3 is 8.83 Å². The molecule has 0 amide bonds. The molecule has 0 aliphatic carbocycles. The Hall–Kier alpha value is -2.78. The summed E-state index contributed by atoms with van der Waals surface area (Å²) in [5.41, 5.74) is 0.664. The van der Waals surface area contributed by atoms with Crippen LogP contribution in [-0.4, -0.2) is 31.0 Å². The topological polar surface area (TPSA) is 89.7 Å². The smallest absolute Gasteiger partial charge is 0.283 e. The van der Waals surface area contributed by atoms with E-state index in [1.807, 2.05) is 5.38 Å². The van der Waals surface area contributed by atoms with Crippen LogP contribution in [0.4, 0.5) is 0 Å². The van der Waals surface area contributed by atoms with Gasteiger partial charge in [0.1, 0.15) is 0 Å². The first-order valence-electron chi connectivity index (χ1n) is 8.27. The number of thiazole rings is 1. The predicted molar refractivity (Wildman–Crippen MR) is 95.7 cm³/mol. The lowest BCUT2D eigenvalue weighted by molar-refractivity contribution is 0.229. The van der Waals surface area contributed by atoms with Gasteiger partial charge in [-0.3, -0.25) is 14.1 Å². The number of rotatable bonds is 7. The average molecular weight is 371 g/mol. The summed E-state index contributed by atoms with van der Waals surface area (Å²) in [6.45, 7) is 3.94. The van der Waals surface area contributed by atoms with E-state index in [1.165, 1.54) is 11.3 Å². The molecule has 0 unspecified atom stereocenters. The molecule has 0 spiro atoms. The van der Waals surface area contributed by atoms with Crippen LogP contribution >= 0.6 is 11.3 Å². The van der Waals surface area contributed by atoms with E-state index >= 15 is 0 Å². The summed E-state index contributed by atoms with van der Waals surface area (Å²) >= 11 is 1.44. The Balaban J connectivity index is 1.52. The first-order chi connectivity index (χ1) is 12.7. The van der Waals surface area contributed by atoms with E-state index < -0.39 is 0 Å². The summed E-state index contributed by atoms with van der Waals surface area (Å²) in [5.74, 6) is 1.40. The van der Waals surface area contributed by atoms with Crippen LogP contribution in [0.15, 0.2) is 49.7 Å². The SMILES string of the molecule is CCCN(Cc1cc(=O)n2ccsc2n1)Cc1nnc(-c2ccco2)o1. The van der Waals surface area contributed by atoms with Gasteiger partial charge in [0.15, 0.2) is 10.7 Å². The van der Waals surface area contributed by atoms with Crippen molar-refractivity contribution >= 4 is 16.3 Å². The van der Waals surface area contributed by atoms with Crippen molar-refractivity contribution in [3.05, 3.63) is 58.0 Å². The Morgan fingerprint density at radius 1 is 1.31 bits per heavy atom. The number of nitrogens with zero attached hydrogens (tertiary/aromatic N) is 5. The Bertz CT molecular complexity index is 1050. The third kappa shape index (κ3) is 3.44. The molecule has 0 aliphatic heterocycles. The van der Waals surface area contributed by atoms with Crippen LogP contribution in [0.3, 0.4) is 0 Å². The van der Waals surface area contributed by atoms with Gasteiger partial charge in [-0.05, 0) is 25.1 Å². The zero-order valence-corrected chi connectivity index (χ0v) is 15.0. The van der Waals surface area contributed by atoms with Crippen molar-refractivity contribution in [3.8, 4) is 11.7 Å². The molecule has 4 aromatic rings. The summed E-state index contributed by atoms with van der Waals surface area (Å²) in [6, 6.07) is 5.12. The second-order valence-corrected chi connectivity index (χ2v) is 6.70. The second kappa shape index (κ2) is 7.22. The van der Waals surface area contributed by atoms with Gasteiger partial charge in [-0.15, -0.1) is 21.5 Å². The summed E-state index contributed by atoms with van der Waals surface area (Å²) < 4.78 is 12.5. The highest BCUT2D eigenvalue weighted by molar-refractivity contribution is 7.15. The maximum absolute atomic E-state index is 12.2. The molecule has 8 nitrogen and oxygen atoms in total. The molecule has 0 radical (unpaired) electrons. The summed E-state index contributed by atoms with van der Waals surface area (Å²) in [7, 11) is 0. The van der Waals surface area contributed by atoms with Crippen molar-refractivity contribution in [2.24, 2.45) is 0 Å². The summed E-state index contributed by atoms with van der Waals surface area (Å²) in [6.07, 6.45) is 4.25. The number of furan rings is 1. The zero-order valence-electron chi connectivity index (χ0n) is 14.2. The van der Waals surface area contributed by atoms with Gasteiger partial charge >= 0.3 is 0 Å². The van der Waals surface area contributed by atoms with Gasteiger partial charge in [-0.25, -0.2) is 4.98 Å². The van der Waals surface area contributed by atoms with Crippen molar-refractivity contribution in [2.75, 3.05) is 6.54 Å². The largest absolute Gasteiger partial charge is 0.459 e. The van der Waals surface area contributed by atoms with E-state index in [-0.39, 0.29) is 5.56 Å². The fourth-order valence-corrected chi connectivity index (χ4v) is 3.48. The van der Waals surface area contributed by atoms with E-state index in [0.29, 0.717) is 35.6 Å². The minimum atomic E-state index is -0.0689. The number of fused-ring (bicyclic) bond motifs is 1. The first kappa shape index (κ1) is 16.7. The Morgan fingerprint density at radius 2 is 2.23 bits per heavy atom. The van der Waals surface area contributed by atoms with Crippen LogP contribution in [0.2, 0.25) is 0 Å². The number of hydrogen-bond acceptors (Lipinski definition) is 8. The number of hydrogen-bond donors (Lipinski definition) is 0. The van der Waals surface area contributed by atoms with Crippen LogP contribution < -0.4 is 5.56 Å². The molecular formula is C17H17N5O3S.